The van der Waals surface area contributed by atoms with Crippen LogP contribution in [0.25, 0.3) is 11.3 Å². The van der Waals surface area contributed by atoms with Crippen LogP contribution in [0.4, 0.5) is 14.6 Å². The van der Waals surface area contributed by atoms with E-state index in [4.69, 9.17) is 19.9 Å². The Morgan fingerprint density at radius 1 is 1.37 bits per heavy atom. The molecule has 1 saturated heterocycles. The molecule has 0 bridgehead atoms. The number of amides is 1. The number of fused-ring (bicyclic) bond motifs is 3. The Balaban J connectivity index is 1.71. The molecule has 1 aromatic carbocycles. The lowest BCUT2D eigenvalue weighted by Gasteiger charge is -2.19. The first-order chi connectivity index (χ1) is 14.4. The van der Waals surface area contributed by atoms with Crippen molar-refractivity contribution < 1.29 is 32.6 Å². The predicted octanol–water partition coefficient (Wildman–Crippen LogP) is 1.34. The maximum Gasteiger partial charge on any atom is 0.284 e. The smallest absolute Gasteiger partial charge is 0.284 e. The van der Waals surface area contributed by atoms with Crippen LogP contribution in [-0.2, 0) is 20.9 Å². The summed E-state index contributed by atoms with van der Waals surface area (Å²) >= 11 is 0. The fourth-order valence-corrected chi connectivity index (χ4v) is 3.32. The standard InChI is InChI=1S/C19H18F2N4O5/c1-10(19(22)27)30-11-2-3-12-13-7-16(23-24(13)4-5-28-15(12)6-11)25-14(18(20)21)9-29-17(25)8-26/h2-3,6-7,10,14,18H,4-5,9H2,1H3,(H2,22,27)/t10-,14-/m0/s1. The van der Waals surface area contributed by atoms with E-state index < -0.39 is 24.5 Å². The second-order valence-electron chi connectivity index (χ2n) is 6.77. The van der Waals surface area contributed by atoms with Gasteiger partial charge in [0.25, 0.3) is 18.2 Å². The van der Waals surface area contributed by atoms with Crippen molar-refractivity contribution in [2.45, 2.75) is 32.0 Å². The number of benzene rings is 1. The molecule has 2 aromatic rings. The molecule has 30 heavy (non-hydrogen) atoms. The van der Waals surface area contributed by atoms with Gasteiger partial charge in [-0.3, -0.25) is 14.4 Å². The summed E-state index contributed by atoms with van der Waals surface area (Å²) < 4.78 is 44.7. The highest BCUT2D eigenvalue weighted by molar-refractivity contribution is 5.79. The topological polar surface area (TPSA) is 109 Å². The number of nitrogens with two attached hydrogens (primary N) is 1. The number of primary amides is 1. The molecule has 2 atom stereocenters. The van der Waals surface area contributed by atoms with Gasteiger partial charge in [0.2, 0.25) is 0 Å². The summed E-state index contributed by atoms with van der Waals surface area (Å²) in [7, 11) is 0. The summed E-state index contributed by atoms with van der Waals surface area (Å²) in [4.78, 5) is 23.4. The zero-order valence-corrected chi connectivity index (χ0v) is 15.9. The molecule has 0 saturated carbocycles. The molecule has 158 valence electrons. The van der Waals surface area contributed by atoms with Gasteiger partial charge < -0.3 is 19.9 Å². The summed E-state index contributed by atoms with van der Waals surface area (Å²) in [5.41, 5.74) is 6.48. The molecule has 0 spiro atoms. The number of aromatic nitrogens is 2. The van der Waals surface area contributed by atoms with Crippen molar-refractivity contribution in [1.82, 2.24) is 9.78 Å². The van der Waals surface area contributed by atoms with Crippen LogP contribution in [-0.4, -0.2) is 53.4 Å². The monoisotopic (exact) mass is 420 g/mol. The van der Waals surface area contributed by atoms with Crippen LogP contribution in [0, 0.1) is 0 Å². The van der Waals surface area contributed by atoms with Crippen molar-refractivity contribution in [1.29, 1.82) is 0 Å². The van der Waals surface area contributed by atoms with E-state index in [-0.39, 0.29) is 24.9 Å². The van der Waals surface area contributed by atoms with E-state index in [1.807, 2.05) is 0 Å². The van der Waals surface area contributed by atoms with Gasteiger partial charge in [-0.05, 0) is 19.1 Å². The molecule has 9 nitrogen and oxygen atoms in total. The minimum absolute atomic E-state index is 0.154. The Labute approximate surface area is 169 Å². The maximum atomic E-state index is 13.4. The van der Waals surface area contributed by atoms with E-state index in [0.29, 0.717) is 29.3 Å². The quantitative estimate of drug-likeness (QED) is 0.727. The molecule has 2 aliphatic rings. The Bertz CT molecular complexity index is 1030. The average Bonchev–Trinajstić information content (AvgIpc) is 3.28. The molecular weight excluding hydrogens is 402 g/mol. The van der Waals surface area contributed by atoms with Crippen LogP contribution in [0.15, 0.2) is 30.1 Å². The normalized spacial score (nSPS) is 18.6. The molecule has 0 unspecified atom stereocenters. The lowest BCUT2D eigenvalue weighted by atomic mass is 10.1. The summed E-state index contributed by atoms with van der Waals surface area (Å²) in [5.74, 6) is 1.65. The molecule has 2 aliphatic heterocycles. The number of carbonyl (C=O) groups excluding carboxylic acids is 2. The van der Waals surface area contributed by atoms with Crippen LogP contribution in [0.5, 0.6) is 11.5 Å². The Morgan fingerprint density at radius 2 is 2.17 bits per heavy atom. The number of halogens is 2. The largest absolute Gasteiger partial charge is 0.491 e. The summed E-state index contributed by atoms with van der Waals surface area (Å²) in [5, 5.41) is 4.37. The number of ether oxygens (including phenoxy) is 3. The molecule has 11 heteroatoms. The molecule has 0 aliphatic carbocycles. The van der Waals surface area contributed by atoms with E-state index >= 15 is 0 Å². The SMILES string of the molecule is C[C@H](Oc1ccc2c(c1)OCCn1nc(N3C(=C=O)OC[C@H]3C(F)F)cc1-2)C(N)=O. The van der Waals surface area contributed by atoms with Gasteiger partial charge in [0.1, 0.15) is 30.8 Å². The highest BCUT2D eigenvalue weighted by Gasteiger charge is 2.40. The highest BCUT2D eigenvalue weighted by Crippen LogP contribution is 2.39. The lowest BCUT2D eigenvalue weighted by molar-refractivity contribution is -0.123. The molecule has 1 fully saturated rings. The van der Waals surface area contributed by atoms with Crippen molar-refractivity contribution in [3.8, 4) is 22.8 Å². The number of nitrogens with zero attached hydrogens (tertiary/aromatic N) is 3. The first-order valence-electron chi connectivity index (χ1n) is 9.15. The van der Waals surface area contributed by atoms with Gasteiger partial charge in [-0.15, -0.1) is 0 Å². The van der Waals surface area contributed by atoms with Crippen LogP contribution < -0.4 is 20.1 Å². The van der Waals surface area contributed by atoms with Gasteiger partial charge in [-0.2, -0.15) is 5.10 Å². The molecule has 4 rings (SSSR count). The van der Waals surface area contributed by atoms with Gasteiger partial charge in [-0.25, -0.2) is 13.6 Å². The first-order valence-corrected chi connectivity index (χ1v) is 9.15. The number of hydrogen-bond acceptors (Lipinski definition) is 7. The summed E-state index contributed by atoms with van der Waals surface area (Å²) in [6.07, 6.45) is -3.55. The molecule has 0 radical (unpaired) electrons. The minimum Gasteiger partial charge on any atom is -0.491 e. The Hall–Kier alpha value is -3.59. The van der Waals surface area contributed by atoms with Crippen LogP contribution in [0.2, 0.25) is 0 Å². The fraction of sp³-hybridized carbons (Fsp3) is 0.368. The van der Waals surface area contributed by atoms with E-state index in [1.165, 1.54) is 6.92 Å². The fourth-order valence-electron chi connectivity index (χ4n) is 3.32. The number of carbonyl (C=O) groups is 1. The van der Waals surface area contributed by atoms with Crippen LogP contribution >= 0.6 is 0 Å². The number of alkyl halides is 2. The zero-order chi connectivity index (χ0) is 21.4. The van der Waals surface area contributed by atoms with Crippen molar-refractivity contribution in [2.75, 3.05) is 18.1 Å². The van der Waals surface area contributed by atoms with Gasteiger partial charge in [0.15, 0.2) is 17.9 Å². The van der Waals surface area contributed by atoms with Gasteiger partial charge in [0.05, 0.1) is 12.2 Å². The number of hydrogen-bond donors (Lipinski definition) is 1. The molecule has 1 amide bonds. The minimum atomic E-state index is -2.74. The van der Waals surface area contributed by atoms with Crippen molar-refractivity contribution >= 4 is 17.7 Å². The van der Waals surface area contributed by atoms with Crippen LogP contribution in [0.3, 0.4) is 0 Å². The average molecular weight is 420 g/mol. The second-order valence-corrected chi connectivity index (χ2v) is 6.77. The third kappa shape index (κ3) is 3.43. The Morgan fingerprint density at radius 3 is 2.87 bits per heavy atom. The molecule has 3 heterocycles. The van der Waals surface area contributed by atoms with Crippen molar-refractivity contribution in [2.24, 2.45) is 5.73 Å². The zero-order valence-electron chi connectivity index (χ0n) is 15.9. The van der Waals surface area contributed by atoms with Gasteiger partial charge in [0, 0.05) is 17.7 Å². The summed E-state index contributed by atoms with van der Waals surface area (Å²) in [6.45, 7) is 1.82. The highest BCUT2D eigenvalue weighted by atomic mass is 19.3. The molecule has 2 N–H and O–H groups in total. The van der Waals surface area contributed by atoms with Crippen molar-refractivity contribution in [3.05, 3.63) is 30.1 Å². The molecule has 1 aromatic heterocycles. The predicted molar refractivity (Wildman–Crippen MR) is 99.9 cm³/mol. The van der Waals surface area contributed by atoms with E-state index in [9.17, 15) is 18.4 Å². The molecular formula is C19H18F2N4O5. The third-order valence-electron chi connectivity index (χ3n) is 4.84. The van der Waals surface area contributed by atoms with E-state index in [0.717, 1.165) is 4.90 Å². The Kier molecular flexibility index (Phi) is 5.04. The van der Waals surface area contributed by atoms with E-state index in [2.05, 4.69) is 5.10 Å². The number of rotatable bonds is 5. The lowest BCUT2D eigenvalue weighted by Crippen LogP contribution is -2.36. The van der Waals surface area contributed by atoms with E-state index in [1.54, 1.807) is 34.9 Å². The third-order valence-corrected chi connectivity index (χ3v) is 4.84. The summed E-state index contributed by atoms with van der Waals surface area (Å²) in [6, 6.07) is 5.22. The first kappa shape index (κ1) is 19.7. The van der Waals surface area contributed by atoms with Crippen molar-refractivity contribution in [3.63, 3.8) is 0 Å². The van der Waals surface area contributed by atoms with Gasteiger partial charge >= 0.3 is 0 Å². The van der Waals surface area contributed by atoms with Crippen LogP contribution in [0.1, 0.15) is 6.92 Å². The second kappa shape index (κ2) is 7.68. The maximum absolute atomic E-state index is 13.4. The van der Waals surface area contributed by atoms with Gasteiger partial charge in [-0.1, -0.05) is 0 Å². The number of anilines is 1.